The number of nitrogens with one attached hydrogen (secondary N) is 1. The van der Waals surface area contributed by atoms with E-state index in [-0.39, 0.29) is 64.7 Å². The highest BCUT2D eigenvalue weighted by Gasteiger charge is 2.40. The predicted molar refractivity (Wildman–Crippen MR) is 200 cm³/mol. The summed E-state index contributed by atoms with van der Waals surface area (Å²) in [5.41, 5.74) is 0.777. The molecule has 2 saturated heterocycles. The third kappa shape index (κ3) is 8.44. The Hall–Kier alpha value is -4.03. The number of anilines is 1. The molecule has 0 unspecified atom stereocenters. The molecule has 1 saturated carbocycles. The minimum atomic E-state index is -0.759. The third-order valence-corrected chi connectivity index (χ3v) is 12.0. The van der Waals surface area contributed by atoms with Gasteiger partial charge in [-0.3, -0.25) is 19.3 Å². The Labute approximate surface area is 311 Å². The van der Waals surface area contributed by atoms with Crippen LogP contribution in [0.25, 0.3) is 10.1 Å². The number of rotatable bonds is 11. The van der Waals surface area contributed by atoms with Crippen molar-refractivity contribution < 1.29 is 33.4 Å². The summed E-state index contributed by atoms with van der Waals surface area (Å²) in [5, 5.41) is 14.9. The lowest BCUT2D eigenvalue weighted by Gasteiger charge is -2.36. The Bertz CT molecular complexity index is 1890. The zero-order valence-corrected chi connectivity index (χ0v) is 30.4. The number of carbonyl (C=O) groups is 3. The number of halogens is 2. The number of fused-ring (bicyclic) bond motifs is 1. The number of likely N-dealkylation sites (tertiary alicyclic amines) is 2. The number of hydrogen-bond donors (Lipinski definition) is 2. The topological polar surface area (TPSA) is 108 Å². The molecule has 3 fully saturated rings. The van der Waals surface area contributed by atoms with Gasteiger partial charge in [0.05, 0.1) is 47.4 Å². The third-order valence-electron chi connectivity index (χ3n) is 10.8. The monoisotopic (exact) mass is 747 g/mol. The number of para-hydroxylation sites is 1. The Balaban J connectivity index is 1.01. The van der Waals surface area contributed by atoms with Crippen LogP contribution in [0, 0.1) is 11.7 Å². The van der Waals surface area contributed by atoms with Gasteiger partial charge < -0.3 is 24.8 Å². The highest BCUT2D eigenvalue weighted by Crippen LogP contribution is 2.33. The summed E-state index contributed by atoms with van der Waals surface area (Å²) in [6.07, 6.45) is 4.88. The quantitative estimate of drug-likeness (QED) is 0.162. The number of piperidine rings is 1. The van der Waals surface area contributed by atoms with E-state index in [1.165, 1.54) is 23.5 Å². The number of carbonyl (C=O) groups excluding carboxylic acids is 2. The van der Waals surface area contributed by atoms with Crippen LogP contribution in [-0.4, -0.2) is 83.2 Å². The van der Waals surface area contributed by atoms with Crippen LogP contribution in [0.5, 0.6) is 5.75 Å². The second-order valence-corrected chi connectivity index (χ2v) is 15.4. The number of hydrogen-bond acceptors (Lipinski definition) is 7. The maximum atomic E-state index is 15.6. The van der Waals surface area contributed by atoms with Crippen LogP contribution in [-0.2, 0) is 20.7 Å². The molecule has 2 N–H and O–H groups in total. The van der Waals surface area contributed by atoms with Crippen LogP contribution in [0.15, 0.2) is 72.1 Å². The molecule has 2 aliphatic heterocycles. The molecule has 4 aromatic rings. The highest BCUT2D eigenvalue weighted by molar-refractivity contribution is 7.17. The second-order valence-electron chi connectivity index (χ2n) is 14.1. The van der Waals surface area contributed by atoms with E-state index < -0.39 is 11.8 Å². The fourth-order valence-electron chi connectivity index (χ4n) is 7.82. The zero-order chi connectivity index (χ0) is 36.2. The zero-order valence-electron chi connectivity index (χ0n) is 28.8. The summed E-state index contributed by atoms with van der Waals surface area (Å²) in [4.78, 5) is 42.8. The van der Waals surface area contributed by atoms with Crippen molar-refractivity contribution in [3.05, 3.63) is 94.1 Å². The van der Waals surface area contributed by atoms with Crippen molar-refractivity contribution in [2.24, 2.45) is 5.92 Å². The maximum absolute atomic E-state index is 15.6. The van der Waals surface area contributed by atoms with Crippen LogP contribution in [0.2, 0.25) is 5.02 Å². The van der Waals surface area contributed by atoms with E-state index in [1.54, 1.807) is 5.38 Å². The summed E-state index contributed by atoms with van der Waals surface area (Å²) >= 11 is 8.03. The van der Waals surface area contributed by atoms with Gasteiger partial charge in [-0.15, -0.1) is 11.3 Å². The van der Waals surface area contributed by atoms with E-state index in [4.69, 9.17) is 21.1 Å². The second kappa shape index (κ2) is 16.3. The molecule has 1 aliphatic carbocycles. The fraction of sp³-hybridized carbons (Fsp3) is 0.425. The summed E-state index contributed by atoms with van der Waals surface area (Å²) < 4.78 is 29.1. The molecule has 3 aromatic carbocycles. The van der Waals surface area contributed by atoms with E-state index >= 15 is 4.39 Å². The molecule has 52 heavy (non-hydrogen) atoms. The van der Waals surface area contributed by atoms with Gasteiger partial charge in [-0.2, -0.15) is 0 Å². The van der Waals surface area contributed by atoms with Crippen LogP contribution >= 0.6 is 22.9 Å². The molecule has 0 spiro atoms. The van der Waals surface area contributed by atoms with Gasteiger partial charge in [0, 0.05) is 41.1 Å². The molecule has 3 heterocycles. The molecule has 12 heteroatoms. The summed E-state index contributed by atoms with van der Waals surface area (Å²) in [5.74, 6) is -1.45. The molecule has 9 nitrogen and oxygen atoms in total. The van der Waals surface area contributed by atoms with Crippen LogP contribution in [0.4, 0.5) is 10.1 Å². The average Bonchev–Trinajstić information content (AvgIpc) is 3.79. The first-order valence-corrected chi connectivity index (χ1v) is 19.3. The first-order valence-electron chi connectivity index (χ1n) is 18.1. The Kier molecular flexibility index (Phi) is 11.4. The smallest absolute Gasteiger partial charge is 0.306 e. The molecular formula is C40H43ClFN3O6S. The Morgan fingerprint density at radius 3 is 2.42 bits per heavy atom. The van der Waals surface area contributed by atoms with Crippen molar-refractivity contribution in [3.63, 3.8) is 0 Å². The Morgan fingerprint density at radius 2 is 1.67 bits per heavy atom. The molecule has 2 atom stereocenters. The van der Waals surface area contributed by atoms with Crippen LogP contribution < -0.4 is 10.1 Å². The molecule has 0 bridgehead atoms. The minimum Gasteiger partial charge on any atom is -0.490 e. The number of amides is 2. The predicted octanol–water partition coefficient (Wildman–Crippen LogP) is 7.66. The van der Waals surface area contributed by atoms with E-state index in [0.717, 1.165) is 48.2 Å². The summed E-state index contributed by atoms with van der Waals surface area (Å²) in [7, 11) is 0. The van der Waals surface area contributed by atoms with Gasteiger partial charge in [-0.1, -0.05) is 48.0 Å². The molecule has 3 aliphatic rings. The van der Waals surface area contributed by atoms with Gasteiger partial charge in [0.15, 0.2) is 0 Å². The van der Waals surface area contributed by atoms with Crippen molar-refractivity contribution in [1.29, 1.82) is 0 Å². The standard InChI is InChI=1S/C40H43ClFN3O6S/c41-34-18-26(35(42)21-36(34)43-39(47)33-24-52-37-9-5-4-8-32(33)37)19-38(46)45-22-27(20-28(45)23-50-29-12-10-25(11-13-29)40(48)49)44-16-14-31(15-17-44)51-30-6-2-1-3-7-30/h1-9,18,21,24-25,27-29,31H,10-17,19-20,22-23H2,(H,43,47)(H,48,49)/t25-,27-,28-,29-/m0/s1. The van der Waals surface area contributed by atoms with Crippen LogP contribution in [0.3, 0.4) is 0 Å². The van der Waals surface area contributed by atoms with Crippen molar-refractivity contribution in [2.45, 2.75) is 75.7 Å². The number of nitrogens with zero attached hydrogens (tertiary/aromatic N) is 2. The molecule has 7 rings (SSSR count). The first-order chi connectivity index (χ1) is 25.2. The van der Waals surface area contributed by atoms with Gasteiger partial charge in [-0.25, -0.2) is 4.39 Å². The van der Waals surface area contributed by atoms with E-state index in [9.17, 15) is 19.5 Å². The number of aliphatic carboxylic acids is 1. The SMILES string of the molecule is O=C(Nc1cc(F)c(CC(=O)N2C[C@@H](N3CCC(Oc4ccccc4)CC3)C[C@H]2CO[C@H]2CC[C@H](C(=O)O)CC2)cc1Cl)c1csc2ccccc12. The van der Waals surface area contributed by atoms with E-state index in [0.29, 0.717) is 44.4 Å². The van der Waals surface area contributed by atoms with Crippen molar-refractivity contribution in [3.8, 4) is 5.75 Å². The molecular weight excluding hydrogens is 705 g/mol. The average molecular weight is 748 g/mol. The maximum Gasteiger partial charge on any atom is 0.306 e. The van der Waals surface area contributed by atoms with E-state index in [1.807, 2.05) is 59.5 Å². The van der Waals surface area contributed by atoms with Gasteiger partial charge in [0.1, 0.15) is 17.7 Å². The minimum absolute atomic E-state index is 0.0523. The van der Waals surface area contributed by atoms with Crippen molar-refractivity contribution >= 4 is 56.5 Å². The van der Waals surface area contributed by atoms with Gasteiger partial charge >= 0.3 is 5.97 Å². The summed E-state index contributed by atoms with van der Waals surface area (Å²) in [6.45, 7) is 2.52. The number of carboxylic acid groups (broad SMARTS) is 1. The highest BCUT2D eigenvalue weighted by atomic mass is 35.5. The number of benzene rings is 3. The number of thiophene rings is 1. The Morgan fingerprint density at radius 1 is 0.942 bits per heavy atom. The molecule has 2 amide bonds. The van der Waals surface area contributed by atoms with Gasteiger partial charge in [0.2, 0.25) is 5.91 Å². The van der Waals surface area contributed by atoms with Gasteiger partial charge in [0.25, 0.3) is 5.91 Å². The normalized spacial score (nSPS) is 22.8. The number of carboxylic acids is 1. The fourth-order valence-corrected chi connectivity index (χ4v) is 9.00. The lowest BCUT2D eigenvalue weighted by molar-refractivity contribution is -0.144. The van der Waals surface area contributed by atoms with Gasteiger partial charge in [-0.05, 0) is 80.8 Å². The largest absolute Gasteiger partial charge is 0.490 e. The van der Waals surface area contributed by atoms with E-state index in [2.05, 4.69) is 10.2 Å². The lowest BCUT2D eigenvalue weighted by Crippen LogP contribution is -2.45. The van der Waals surface area contributed by atoms with Crippen LogP contribution in [0.1, 0.15) is 60.9 Å². The lowest BCUT2D eigenvalue weighted by atomic mass is 9.87. The van der Waals surface area contributed by atoms with Crippen molar-refractivity contribution in [1.82, 2.24) is 9.80 Å². The number of ether oxygens (including phenoxy) is 2. The molecule has 1 aromatic heterocycles. The summed E-state index contributed by atoms with van der Waals surface area (Å²) in [6, 6.07) is 19.9. The van der Waals surface area contributed by atoms with Crippen molar-refractivity contribution in [2.75, 3.05) is 31.6 Å². The molecule has 274 valence electrons. The molecule has 0 radical (unpaired) electrons. The first kappa shape index (κ1) is 36.3.